The van der Waals surface area contributed by atoms with Gasteiger partial charge in [-0.1, -0.05) is 13.8 Å². The molecule has 0 saturated carbocycles. The van der Waals surface area contributed by atoms with Gasteiger partial charge in [0.05, 0.1) is 24.0 Å². The monoisotopic (exact) mass is 210 g/mol. The van der Waals surface area contributed by atoms with Gasteiger partial charge in [0.2, 0.25) is 0 Å². The first-order chi connectivity index (χ1) is 7.06. The third-order valence-electron chi connectivity index (χ3n) is 1.76. The highest BCUT2D eigenvalue weighted by Gasteiger charge is 2.12. The van der Waals surface area contributed by atoms with Crippen LogP contribution < -0.4 is 11.5 Å². The number of aryl methyl sites for hydroxylation is 1. The van der Waals surface area contributed by atoms with Crippen molar-refractivity contribution in [2.24, 2.45) is 0 Å². The van der Waals surface area contributed by atoms with Gasteiger partial charge in [0, 0.05) is 0 Å². The maximum absolute atomic E-state index is 11.2. The number of methoxy groups -OCH3 is 1. The molecular formula is C11H18N2O2. The van der Waals surface area contributed by atoms with Crippen molar-refractivity contribution in [3.05, 3.63) is 23.3 Å². The van der Waals surface area contributed by atoms with Crippen LogP contribution in [0.25, 0.3) is 0 Å². The van der Waals surface area contributed by atoms with Crippen LogP contribution in [0.3, 0.4) is 0 Å². The van der Waals surface area contributed by atoms with Gasteiger partial charge in [-0.15, -0.1) is 0 Å². The molecule has 0 aliphatic carbocycles. The van der Waals surface area contributed by atoms with E-state index in [4.69, 9.17) is 11.5 Å². The first-order valence-corrected chi connectivity index (χ1v) is 4.80. The van der Waals surface area contributed by atoms with E-state index < -0.39 is 5.97 Å². The molecule has 0 aliphatic heterocycles. The summed E-state index contributed by atoms with van der Waals surface area (Å²) in [6.45, 7) is 5.84. The zero-order valence-corrected chi connectivity index (χ0v) is 9.63. The number of carbonyl (C=O) groups is 1. The Hall–Kier alpha value is -1.71. The van der Waals surface area contributed by atoms with E-state index in [-0.39, 0.29) is 5.69 Å². The van der Waals surface area contributed by atoms with E-state index in [0.717, 1.165) is 5.56 Å². The SMILES string of the molecule is CC.COC(=O)c1cc(C)cc(N)c1N. The largest absolute Gasteiger partial charge is 0.465 e. The van der Waals surface area contributed by atoms with E-state index in [2.05, 4.69) is 4.74 Å². The van der Waals surface area contributed by atoms with Crippen LogP contribution in [0.15, 0.2) is 12.1 Å². The van der Waals surface area contributed by atoms with Crippen LogP contribution in [-0.2, 0) is 4.74 Å². The first-order valence-electron chi connectivity index (χ1n) is 4.80. The van der Waals surface area contributed by atoms with Crippen LogP contribution in [-0.4, -0.2) is 13.1 Å². The Bertz CT molecular complexity index is 349. The van der Waals surface area contributed by atoms with E-state index >= 15 is 0 Å². The van der Waals surface area contributed by atoms with Gasteiger partial charge in [-0.3, -0.25) is 0 Å². The Kier molecular flexibility index (Phi) is 5.23. The highest BCUT2D eigenvalue weighted by atomic mass is 16.5. The Morgan fingerprint density at radius 2 is 1.80 bits per heavy atom. The maximum Gasteiger partial charge on any atom is 0.340 e. The van der Waals surface area contributed by atoms with Crippen molar-refractivity contribution in [3.63, 3.8) is 0 Å². The van der Waals surface area contributed by atoms with E-state index in [0.29, 0.717) is 11.3 Å². The fourth-order valence-electron chi connectivity index (χ4n) is 1.10. The molecule has 84 valence electrons. The van der Waals surface area contributed by atoms with Crippen LogP contribution in [0.1, 0.15) is 29.8 Å². The first kappa shape index (κ1) is 13.3. The predicted molar refractivity (Wildman–Crippen MR) is 62.7 cm³/mol. The molecule has 0 aromatic heterocycles. The number of nitrogens with two attached hydrogens (primary N) is 2. The Morgan fingerprint density at radius 1 is 1.27 bits per heavy atom. The molecule has 0 spiro atoms. The zero-order chi connectivity index (χ0) is 12.0. The van der Waals surface area contributed by atoms with Gasteiger partial charge in [-0.25, -0.2) is 4.79 Å². The molecule has 4 N–H and O–H groups in total. The number of nitrogen functional groups attached to an aromatic ring is 2. The van der Waals surface area contributed by atoms with Gasteiger partial charge in [0.15, 0.2) is 0 Å². The molecule has 0 heterocycles. The Morgan fingerprint density at radius 3 is 2.27 bits per heavy atom. The van der Waals surface area contributed by atoms with Crippen molar-refractivity contribution in [3.8, 4) is 0 Å². The quantitative estimate of drug-likeness (QED) is 0.548. The maximum atomic E-state index is 11.2. The molecular weight excluding hydrogens is 192 g/mol. The van der Waals surface area contributed by atoms with Crippen LogP contribution in [0.4, 0.5) is 11.4 Å². The van der Waals surface area contributed by atoms with Crippen LogP contribution in [0.2, 0.25) is 0 Å². The number of hydrogen-bond acceptors (Lipinski definition) is 4. The Labute approximate surface area is 90.2 Å². The smallest absolute Gasteiger partial charge is 0.340 e. The van der Waals surface area contributed by atoms with Crippen LogP contribution in [0, 0.1) is 6.92 Å². The number of benzene rings is 1. The number of ether oxygens (including phenoxy) is 1. The summed E-state index contributed by atoms with van der Waals surface area (Å²) < 4.78 is 4.55. The minimum Gasteiger partial charge on any atom is -0.465 e. The normalized spacial score (nSPS) is 8.80. The summed E-state index contributed by atoms with van der Waals surface area (Å²) in [7, 11) is 1.31. The molecule has 1 rings (SSSR count). The number of anilines is 2. The second-order valence-electron chi connectivity index (χ2n) is 2.81. The average molecular weight is 210 g/mol. The van der Waals surface area contributed by atoms with Crippen molar-refractivity contribution < 1.29 is 9.53 Å². The second kappa shape index (κ2) is 5.90. The van der Waals surface area contributed by atoms with Gasteiger partial charge in [-0.2, -0.15) is 0 Å². The number of esters is 1. The summed E-state index contributed by atoms with van der Waals surface area (Å²) in [4.78, 5) is 11.2. The fraction of sp³-hybridized carbons (Fsp3) is 0.364. The minimum atomic E-state index is -0.465. The molecule has 1 aromatic carbocycles. The molecule has 0 radical (unpaired) electrons. The lowest BCUT2D eigenvalue weighted by Gasteiger charge is -2.07. The Balaban J connectivity index is 0.000000921. The summed E-state index contributed by atoms with van der Waals surface area (Å²) >= 11 is 0. The molecule has 4 heteroatoms. The average Bonchev–Trinajstić information content (AvgIpc) is 2.25. The summed E-state index contributed by atoms with van der Waals surface area (Å²) in [5, 5.41) is 0. The molecule has 0 saturated heterocycles. The second-order valence-corrected chi connectivity index (χ2v) is 2.81. The number of carbonyl (C=O) groups excluding carboxylic acids is 1. The summed E-state index contributed by atoms with van der Waals surface area (Å²) in [6, 6.07) is 3.36. The molecule has 0 aliphatic rings. The van der Waals surface area contributed by atoms with Gasteiger partial charge in [-0.05, 0) is 24.6 Å². The molecule has 0 bridgehead atoms. The fourth-order valence-corrected chi connectivity index (χ4v) is 1.10. The lowest BCUT2D eigenvalue weighted by Crippen LogP contribution is -2.08. The third-order valence-corrected chi connectivity index (χ3v) is 1.76. The molecule has 0 amide bonds. The van der Waals surface area contributed by atoms with E-state index in [1.54, 1.807) is 12.1 Å². The van der Waals surface area contributed by atoms with Gasteiger partial charge in [0.1, 0.15) is 0 Å². The van der Waals surface area contributed by atoms with Gasteiger partial charge in [0.25, 0.3) is 0 Å². The molecule has 0 atom stereocenters. The van der Waals surface area contributed by atoms with Crippen LogP contribution in [0.5, 0.6) is 0 Å². The molecule has 0 fully saturated rings. The molecule has 15 heavy (non-hydrogen) atoms. The van der Waals surface area contributed by atoms with Gasteiger partial charge >= 0.3 is 5.97 Å². The minimum absolute atomic E-state index is 0.275. The predicted octanol–water partition coefficient (Wildman–Crippen LogP) is 1.97. The molecule has 1 aromatic rings. The van der Waals surface area contributed by atoms with E-state index in [9.17, 15) is 4.79 Å². The molecule has 0 unspecified atom stereocenters. The van der Waals surface area contributed by atoms with E-state index in [1.807, 2.05) is 20.8 Å². The lowest BCUT2D eigenvalue weighted by atomic mass is 10.1. The van der Waals surface area contributed by atoms with Crippen molar-refractivity contribution in [1.29, 1.82) is 0 Å². The topological polar surface area (TPSA) is 78.3 Å². The van der Waals surface area contributed by atoms with E-state index in [1.165, 1.54) is 7.11 Å². The van der Waals surface area contributed by atoms with Crippen molar-refractivity contribution in [2.75, 3.05) is 18.6 Å². The summed E-state index contributed by atoms with van der Waals surface area (Å²) in [6.07, 6.45) is 0. The van der Waals surface area contributed by atoms with Crippen LogP contribution >= 0.6 is 0 Å². The standard InChI is InChI=1S/C9H12N2O2.C2H6/c1-5-3-6(9(12)13-2)8(11)7(10)4-5;1-2/h3-4H,10-11H2,1-2H3;1-2H3. The van der Waals surface area contributed by atoms with Crippen molar-refractivity contribution in [2.45, 2.75) is 20.8 Å². The zero-order valence-electron chi connectivity index (χ0n) is 9.63. The van der Waals surface area contributed by atoms with Crippen molar-refractivity contribution in [1.82, 2.24) is 0 Å². The lowest BCUT2D eigenvalue weighted by molar-refractivity contribution is 0.0602. The summed E-state index contributed by atoms with van der Waals surface area (Å²) in [5.41, 5.74) is 13.1. The van der Waals surface area contributed by atoms with Crippen molar-refractivity contribution >= 4 is 17.3 Å². The third kappa shape index (κ3) is 3.16. The highest BCUT2D eigenvalue weighted by Crippen LogP contribution is 2.22. The summed E-state index contributed by atoms with van der Waals surface area (Å²) in [5.74, 6) is -0.465. The van der Waals surface area contributed by atoms with Gasteiger partial charge < -0.3 is 16.2 Å². The highest BCUT2D eigenvalue weighted by molar-refractivity contribution is 5.98. The molecule has 4 nitrogen and oxygen atoms in total. The number of hydrogen-bond donors (Lipinski definition) is 2. The number of rotatable bonds is 1.